The summed E-state index contributed by atoms with van der Waals surface area (Å²) in [5.74, 6) is -4.83. The summed E-state index contributed by atoms with van der Waals surface area (Å²) in [4.78, 5) is 114. The number of Topliss-reactive ketones (excluding diaryl/α,β-unsaturated/α-hetero) is 1. The van der Waals surface area contributed by atoms with Crippen LogP contribution in [0.25, 0.3) is 22.3 Å². The van der Waals surface area contributed by atoms with Crippen LogP contribution < -0.4 is 21.3 Å². The van der Waals surface area contributed by atoms with Crippen LogP contribution in [0.5, 0.6) is 11.5 Å². The number of nitrogens with one attached hydrogen (secondary N) is 1. The van der Waals surface area contributed by atoms with Crippen molar-refractivity contribution < 1.29 is 71.8 Å². The van der Waals surface area contributed by atoms with Gasteiger partial charge in [-0.1, -0.05) is 54.5 Å². The number of carbonyl (C=O) groups is 7. The maximum Gasteiger partial charge on any atom is 0.411 e. The Morgan fingerprint density at radius 3 is 2.31 bits per heavy atom. The molecule has 0 bridgehead atoms. The third kappa shape index (κ3) is 11.6. The van der Waals surface area contributed by atoms with Crippen LogP contribution in [0.2, 0.25) is 0 Å². The molecule has 0 spiro atoms. The number of likely N-dealkylation sites (N-methyl/N-ethyl adjacent to an activating group) is 2. The van der Waals surface area contributed by atoms with Crippen LogP contribution >= 0.6 is 0 Å². The Labute approximate surface area is 445 Å². The third-order valence-electron chi connectivity index (χ3n) is 14.8. The molecule has 7 rings (SSSR count). The lowest BCUT2D eigenvalue weighted by Crippen LogP contribution is -2.55. The van der Waals surface area contributed by atoms with Crippen molar-refractivity contribution >= 4 is 58.4 Å². The predicted octanol–water partition coefficient (Wildman–Crippen LogP) is 5.69. The lowest BCUT2D eigenvalue weighted by Gasteiger charge is -2.42. The third-order valence-corrected chi connectivity index (χ3v) is 14.8. The number of aryl methyl sites for hydroxylation is 1. The Kier molecular flexibility index (Phi) is 17.3. The van der Waals surface area contributed by atoms with Crippen molar-refractivity contribution in [3.05, 3.63) is 80.6 Å². The van der Waals surface area contributed by atoms with Gasteiger partial charge in [0.25, 0.3) is 5.56 Å². The fourth-order valence-corrected chi connectivity index (χ4v) is 9.79. The minimum atomic E-state index is -1.99. The Morgan fingerprint density at radius 1 is 0.961 bits per heavy atom. The summed E-state index contributed by atoms with van der Waals surface area (Å²) < 4.78 is 41.7. The topological polar surface area (TPSA) is 284 Å². The zero-order chi connectivity index (χ0) is 56.4. The molecule has 414 valence electrons. The standard InChI is InChI=1S/C55H68N6O16/c1-12-34-35-22-33(63)15-17-39(35)57-45-36(34)24-61-41(45)23-38-37(49(61)66)26-72-52(68)55(38,13-2)77-54(70)60(10)19-18-59(9)53(69)73-25-32-14-16-40(58-48(65)28(5)20-42(64)44(56)27(3)4)43(21-32)75-51-30(7)29(6)46(74-31(8)62)47(76-51)50(67)71-11/h14-17,21-23,27-30,44,46-47,51,63H,12-13,18-20,24-26,56H2,1-11H3,(H,58,65)/t28-,29-,30-,44+,46+,47+,51-,55+/m1/s1. The number of aromatic hydroxyl groups is 1. The SMILES string of the molecule is CCc1c2c(nc3ccc(O)cc13)-c1cc3c(c(=O)n1C2)COC(=O)[C@@]3(CC)OC(=O)N(C)CCN(C)C(=O)OCc1ccc(NC(=O)[C@H](C)CC(=O)[C@@H](N)C(C)C)c(O[C@@H]2O[C@H](C(=O)OC)[C@@H](OC(C)=O)[C@H](C)[C@H]2C)c1. The number of benzene rings is 2. The number of aromatic nitrogens is 2. The second-order valence-corrected chi connectivity index (χ2v) is 20.3. The normalized spacial score (nSPS) is 21.1. The molecule has 3 aliphatic rings. The molecule has 0 aliphatic carbocycles. The molecule has 0 radical (unpaired) electrons. The van der Waals surface area contributed by atoms with Gasteiger partial charge in [-0.05, 0) is 66.3 Å². The van der Waals surface area contributed by atoms with E-state index in [0.717, 1.165) is 16.5 Å². The highest BCUT2D eigenvalue weighted by Crippen LogP contribution is 2.43. The Balaban J connectivity index is 1.04. The van der Waals surface area contributed by atoms with Gasteiger partial charge in [0, 0.05) is 74.8 Å². The van der Waals surface area contributed by atoms with E-state index in [1.54, 1.807) is 56.5 Å². The van der Waals surface area contributed by atoms with Gasteiger partial charge in [0.15, 0.2) is 11.9 Å². The zero-order valence-corrected chi connectivity index (χ0v) is 45.3. The number of hydrogen-bond acceptors (Lipinski definition) is 18. The summed E-state index contributed by atoms with van der Waals surface area (Å²) in [6.45, 7) is 13.0. The molecule has 4 aromatic rings. The van der Waals surface area contributed by atoms with Gasteiger partial charge in [0.2, 0.25) is 17.8 Å². The molecule has 22 nitrogen and oxygen atoms in total. The molecular weight excluding hydrogens is 1000 g/mol. The number of nitrogens with two attached hydrogens (primary N) is 1. The van der Waals surface area contributed by atoms with Gasteiger partial charge >= 0.3 is 30.1 Å². The van der Waals surface area contributed by atoms with Crippen molar-refractivity contribution in [3.8, 4) is 22.9 Å². The number of amides is 3. The maximum atomic E-state index is 14.2. The van der Waals surface area contributed by atoms with Crippen LogP contribution in [-0.2, 0) is 84.2 Å². The molecule has 2 aromatic heterocycles. The van der Waals surface area contributed by atoms with Gasteiger partial charge in [-0.25, -0.2) is 24.2 Å². The number of esters is 3. The van der Waals surface area contributed by atoms with Gasteiger partial charge in [0.05, 0.1) is 47.9 Å². The van der Waals surface area contributed by atoms with Crippen molar-refractivity contribution in [3.63, 3.8) is 0 Å². The summed E-state index contributed by atoms with van der Waals surface area (Å²) in [5, 5.41) is 13.8. The molecule has 77 heavy (non-hydrogen) atoms. The molecule has 2 aromatic carbocycles. The molecule has 8 atom stereocenters. The highest BCUT2D eigenvalue weighted by molar-refractivity contribution is 5.97. The number of nitrogens with zero attached hydrogens (tertiary/aromatic N) is 4. The number of ketones is 1. The van der Waals surface area contributed by atoms with E-state index in [4.69, 9.17) is 43.9 Å². The number of ether oxygens (including phenoxy) is 7. The largest absolute Gasteiger partial charge is 0.508 e. The van der Waals surface area contributed by atoms with Gasteiger partial charge in [-0.15, -0.1) is 0 Å². The summed E-state index contributed by atoms with van der Waals surface area (Å²) in [6.07, 6.45) is -4.82. The van der Waals surface area contributed by atoms with Gasteiger partial charge < -0.3 is 63.7 Å². The summed E-state index contributed by atoms with van der Waals surface area (Å²) in [6, 6.07) is 10.4. The Bertz CT molecular complexity index is 3050. The van der Waals surface area contributed by atoms with Crippen LogP contribution in [0.15, 0.2) is 47.3 Å². The number of pyridine rings is 2. The molecule has 0 unspecified atom stereocenters. The number of carbonyl (C=O) groups excluding carboxylic acids is 7. The Hall–Kier alpha value is -7.59. The zero-order valence-electron chi connectivity index (χ0n) is 45.3. The number of phenols is 1. The predicted molar refractivity (Wildman–Crippen MR) is 277 cm³/mol. The molecule has 5 heterocycles. The fraction of sp³-hybridized carbons (Fsp3) is 0.509. The molecule has 1 saturated heterocycles. The first-order chi connectivity index (χ1) is 36.4. The fourth-order valence-electron chi connectivity index (χ4n) is 9.79. The van der Waals surface area contributed by atoms with Crippen molar-refractivity contribution in [2.45, 2.75) is 125 Å². The number of hydrogen-bond donors (Lipinski definition) is 3. The van der Waals surface area contributed by atoms with E-state index in [9.17, 15) is 43.5 Å². The molecule has 1 fully saturated rings. The quantitative estimate of drug-likeness (QED) is 0.0702. The van der Waals surface area contributed by atoms with Crippen LogP contribution in [0, 0.1) is 23.7 Å². The van der Waals surface area contributed by atoms with E-state index in [-0.39, 0.29) is 85.7 Å². The molecule has 4 N–H and O–H groups in total. The summed E-state index contributed by atoms with van der Waals surface area (Å²) >= 11 is 0. The second kappa shape index (κ2) is 23.3. The van der Waals surface area contributed by atoms with E-state index in [0.29, 0.717) is 28.9 Å². The van der Waals surface area contributed by atoms with Crippen LogP contribution in [0.3, 0.4) is 0 Å². The minimum Gasteiger partial charge on any atom is -0.508 e. The monoisotopic (exact) mass is 1070 g/mol. The number of methoxy groups -OCH3 is 1. The molecule has 3 amide bonds. The van der Waals surface area contributed by atoms with E-state index >= 15 is 0 Å². The van der Waals surface area contributed by atoms with Crippen molar-refractivity contribution in [1.82, 2.24) is 19.4 Å². The van der Waals surface area contributed by atoms with E-state index < -0.39 is 89.5 Å². The van der Waals surface area contributed by atoms with Crippen LogP contribution in [0.1, 0.15) is 96.0 Å². The van der Waals surface area contributed by atoms with Gasteiger partial charge in [-0.3, -0.25) is 19.2 Å². The van der Waals surface area contributed by atoms with E-state index in [1.807, 2.05) is 20.8 Å². The molecule has 3 aliphatic heterocycles. The van der Waals surface area contributed by atoms with E-state index in [1.165, 1.54) is 56.1 Å². The van der Waals surface area contributed by atoms with Crippen LogP contribution in [-0.4, -0.2) is 125 Å². The first-order valence-corrected chi connectivity index (χ1v) is 25.6. The average Bonchev–Trinajstić information content (AvgIpc) is 3.81. The maximum absolute atomic E-state index is 14.2. The van der Waals surface area contributed by atoms with Crippen molar-refractivity contribution in [1.29, 1.82) is 0 Å². The van der Waals surface area contributed by atoms with Gasteiger partial charge in [-0.2, -0.15) is 0 Å². The molecular formula is C55H68N6O16. The smallest absolute Gasteiger partial charge is 0.411 e. The number of anilines is 1. The van der Waals surface area contributed by atoms with Crippen LogP contribution in [0.4, 0.5) is 15.3 Å². The van der Waals surface area contributed by atoms with Crippen molar-refractivity contribution in [2.24, 2.45) is 29.4 Å². The summed E-state index contributed by atoms with van der Waals surface area (Å²) in [5.41, 5.74) is 7.92. The summed E-state index contributed by atoms with van der Waals surface area (Å²) in [7, 11) is 4.05. The highest BCUT2D eigenvalue weighted by atomic mass is 16.7. The number of phenolic OH excluding ortho intramolecular Hbond substituents is 1. The second-order valence-electron chi connectivity index (χ2n) is 20.3. The first-order valence-electron chi connectivity index (χ1n) is 25.6. The van der Waals surface area contributed by atoms with Gasteiger partial charge in [0.1, 0.15) is 30.8 Å². The highest BCUT2D eigenvalue weighted by Gasteiger charge is 2.52. The first kappa shape index (κ1) is 57.1. The number of fused-ring (bicyclic) bond motifs is 5. The molecule has 22 heteroatoms. The average molecular weight is 1070 g/mol. The minimum absolute atomic E-state index is 0.0553. The van der Waals surface area contributed by atoms with Crippen molar-refractivity contribution in [2.75, 3.05) is 39.6 Å². The lowest BCUT2D eigenvalue weighted by atomic mass is 9.84. The Morgan fingerprint density at radius 2 is 1.66 bits per heavy atom. The van der Waals surface area contributed by atoms with E-state index in [2.05, 4.69) is 5.32 Å². The lowest BCUT2D eigenvalue weighted by molar-refractivity contribution is -0.243. The molecule has 0 saturated carbocycles. The number of rotatable bonds is 18. The number of cyclic esters (lactones) is 1.